The molecule has 0 spiro atoms. The molecule has 0 N–H and O–H groups in total. The number of aryl methyl sites for hydroxylation is 1. The molecule has 3 aromatic heterocycles. The van der Waals surface area contributed by atoms with Crippen LogP contribution in [0.3, 0.4) is 0 Å². The van der Waals surface area contributed by atoms with Crippen LogP contribution in [0.25, 0.3) is 10.9 Å². The van der Waals surface area contributed by atoms with E-state index < -0.39 is 0 Å². The summed E-state index contributed by atoms with van der Waals surface area (Å²) in [6.45, 7) is 12.9. The zero-order valence-electron chi connectivity index (χ0n) is 22.3. The average molecular weight is 474 g/mol. The summed E-state index contributed by atoms with van der Waals surface area (Å²) in [7, 11) is 3.39. The molecular formula is C30H39N3O2. The van der Waals surface area contributed by atoms with Crippen molar-refractivity contribution in [3.05, 3.63) is 100 Å². The third-order valence-electron chi connectivity index (χ3n) is 5.70. The Hall–Kier alpha value is -3.47. The van der Waals surface area contributed by atoms with Crippen LogP contribution in [-0.2, 0) is 7.05 Å². The Kier molecular flexibility index (Phi) is 10.7. The molecule has 5 nitrogen and oxygen atoms in total. The Morgan fingerprint density at radius 2 is 1.40 bits per heavy atom. The molecule has 0 aliphatic heterocycles. The molecule has 35 heavy (non-hydrogen) atoms. The van der Waals surface area contributed by atoms with Gasteiger partial charge in [-0.05, 0) is 52.6 Å². The third kappa shape index (κ3) is 8.67. The van der Waals surface area contributed by atoms with Crippen molar-refractivity contribution >= 4 is 10.9 Å². The van der Waals surface area contributed by atoms with Crippen LogP contribution in [0, 0.1) is 0 Å². The van der Waals surface area contributed by atoms with E-state index in [1.54, 1.807) is 24.8 Å². The number of rotatable bonds is 4. The summed E-state index contributed by atoms with van der Waals surface area (Å²) in [5, 5.41) is 1.23. The minimum absolute atomic E-state index is 0.0504. The van der Waals surface area contributed by atoms with Gasteiger partial charge in [-0.3, -0.25) is 9.78 Å². The second-order valence-corrected chi connectivity index (χ2v) is 9.47. The van der Waals surface area contributed by atoms with E-state index in [-0.39, 0.29) is 5.56 Å². The van der Waals surface area contributed by atoms with E-state index in [0.29, 0.717) is 23.6 Å². The first-order chi connectivity index (χ1) is 16.6. The number of aromatic nitrogens is 3. The molecular weight excluding hydrogens is 434 g/mol. The van der Waals surface area contributed by atoms with Crippen LogP contribution in [0.1, 0.15) is 76.0 Å². The topological polar surface area (TPSA) is 57.0 Å². The van der Waals surface area contributed by atoms with E-state index in [9.17, 15) is 4.79 Å². The summed E-state index contributed by atoms with van der Waals surface area (Å²) >= 11 is 0. The number of benzene rings is 1. The van der Waals surface area contributed by atoms with Gasteiger partial charge in [0.25, 0.3) is 0 Å². The molecule has 0 saturated heterocycles. The highest BCUT2D eigenvalue weighted by Gasteiger charge is 2.01. The first-order valence-electron chi connectivity index (χ1n) is 12.1. The number of methoxy groups -OCH3 is 1. The quantitative estimate of drug-likeness (QED) is 0.318. The van der Waals surface area contributed by atoms with Gasteiger partial charge < -0.3 is 9.30 Å². The first kappa shape index (κ1) is 27.8. The van der Waals surface area contributed by atoms with Gasteiger partial charge in [-0.1, -0.05) is 65.8 Å². The van der Waals surface area contributed by atoms with Crippen molar-refractivity contribution in [1.29, 1.82) is 0 Å². The largest absolute Gasteiger partial charge is 0.481 e. The van der Waals surface area contributed by atoms with Gasteiger partial charge in [-0.15, -0.1) is 0 Å². The average Bonchev–Trinajstić information content (AvgIpc) is 2.86. The van der Waals surface area contributed by atoms with Crippen molar-refractivity contribution in [3.63, 3.8) is 0 Å². The number of fused-ring (bicyclic) bond motifs is 1. The molecule has 186 valence electrons. The molecule has 4 aromatic rings. The van der Waals surface area contributed by atoms with Crippen molar-refractivity contribution in [3.8, 4) is 5.88 Å². The van der Waals surface area contributed by atoms with Gasteiger partial charge in [-0.25, -0.2) is 4.98 Å². The van der Waals surface area contributed by atoms with Crippen molar-refractivity contribution in [2.75, 3.05) is 7.11 Å². The molecule has 0 bridgehead atoms. The van der Waals surface area contributed by atoms with E-state index >= 15 is 0 Å². The molecule has 4 rings (SSSR count). The highest BCUT2D eigenvalue weighted by Crippen LogP contribution is 2.19. The highest BCUT2D eigenvalue weighted by molar-refractivity contribution is 5.79. The summed E-state index contributed by atoms with van der Waals surface area (Å²) in [5.41, 5.74) is 4.94. The normalized spacial score (nSPS) is 10.6. The standard InChI is InChI=1S/C12H13N.2C9H13NO/c1-9(2)10-5-6-12-11(8-10)4-3-7-13-12;1-7(2)8-4-5-9(11-3)10-6-8;1-7(2)8-4-5-9(11)10(3)6-8/h3-9H,1-2H3;2*4-7H,1-3H3. The lowest BCUT2D eigenvalue weighted by molar-refractivity contribution is 0.397. The number of pyridine rings is 3. The predicted molar refractivity (Wildman–Crippen MR) is 146 cm³/mol. The molecule has 0 radical (unpaired) electrons. The van der Waals surface area contributed by atoms with Gasteiger partial charge in [0, 0.05) is 43.2 Å². The van der Waals surface area contributed by atoms with Crippen LogP contribution in [0.15, 0.2) is 78.0 Å². The second kappa shape index (κ2) is 13.4. The van der Waals surface area contributed by atoms with Gasteiger partial charge in [0.15, 0.2) is 0 Å². The van der Waals surface area contributed by atoms with Gasteiger partial charge >= 0.3 is 0 Å². The minimum atomic E-state index is 0.0504. The molecule has 0 unspecified atom stereocenters. The van der Waals surface area contributed by atoms with Gasteiger partial charge in [0.1, 0.15) is 0 Å². The summed E-state index contributed by atoms with van der Waals surface area (Å²) in [6, 6.07) is 18.0. The zero-order chi connectivity index (χ0) is 26.0. The fourth-order valence-corrected chi connectivity index (χ4v) is 3.26. The van der Waals surface area contributed by atoms with Crippen LogP contribution < -0.4 is 10.3 Å². The van der Waals surface area contributed by atoms with E-state index in [2.05, 4.69) is 75.8 Å². The molecule has 0 aliphatic carbocycles. The number of hydrogen-bond donors (Lipinski definition) is 0. The van der Waals surface area contributed by atoms with Gasteiger partial charge in [0.05, 0.1) is 12.6 Å². The first-order valence-corrected chi connectivity index (χ1v) is 12.1. The lowest BCUT2D eigenvalue weighted by atomic mass is 10.0. The number of hydrogen-bond acceptors (Lipinski definition) is 4. The zero-order valence-corrected chi connectivity index (χ0v) is 22.3. The van der Waals surface area contributed by atoms with E-state index in [1.165, 1.54) is 22.1 Å². The number of ether oxygens (including phenoxy) is 1. The van der Waals surface area contributed by atoms with Crippen LogP contribution in [0.2, 0.25) is 0 Å². The monoisotopic (exact) mass is 473 g/mol. The van der Waals surface area contributed by atoms with Gasteiger partial charge in [0.2, 0.25) is 11.4 Å². The van der Waals surface area contributed by atoms with Crippen molar-refractivity contribution in [2.24, 2.45) is 7.05 Å². The molecule has 5 heteroatoms. The lowest BCUT2D eigenvalue weighted by Gasteiger charge is -2.05. The third-order valence-corrected chi connectivity index (χ3v) is 5.70. The smallest absolute Gasteiger partial charge is 0.250 e. The fourth-order valence-electron chi connectivity index (χ4n) is 3.26. The minimum Gasteiger partial charge on any atom is -0.481 e. The van der Waals surface area contributed by atoms with Crippen molar-refractivity contribution < 1.29 is 4.74 Å². The van der Waals surface area contributed by atoms with Gasteiger partial charge in [-0.2, -0.15) is 0 Å². The Morgan fingerprint density at radius 1 is 0.771 bits per heavy atom. The fraction of sp³-hybridized carbons (Fsp3) is 0.367. The van der Waals surface area contributed by atoms with Crippen LogP contribution in [0.5, 0.6) is 5.88 Å². The van der Waals surface area contributed by atoms with E-state index in [0.717, 1.165) is 5.52 Å². The molecule has 3 heterocycles. The molecule has 0 fully saturated rings. The molecule has 1 aromatic carbocycles. The number of nitrogens with zero attached hydrogens (tertiary/aromatic N) is 3. The maximum Gasteiger partial charge on any atom is 0.250 e. The molecule has 0 amide bonds. The van der Waals surface area contributed by atoms with Crippen LogP contribution >= 0.6 is 0 Å². The van der Waals surface area contributed by atoms with E-state index in [4.69, 9.17) is 4.74 Å². The Labute approximate surface area is 209 Å². The van der Waals surface area contributed by atoms with Crippen molar-refractivity contribution in [1.82, 2.24) is 14.5 Å². The summed E-state index contributed by atoms with van der Waals surface area (Å²) in [5.74, 6) is 2.29. The summed E-state index contributed by atoms with van der Waals surface area (Å²) < 4.78 is 6.54. The Bertz CT molecular complexity index is 1240. The maximum atomic E-state index is 11.0. The lowest BCUT2D eigenvalue weighted by Crippen LogP contribution is -2.15. The highest BCUT2D eigenvalue weighted by atomic mass is 16.5. The molecule has 0 atom stereocenters. The molecule has 0 aliphatic rings. The summed E-state index contributed by atoms with van der Waals surface area (Å²) in [6.07, 6.45) is 5.56. The SMILES string of the molecule is CC(C)c1ccc(=O)n(C)c1.CC(C)c1ccc2ncccc2c1.COc1ccc(C(C)C)cn1. The van der Waals surface area contributed by atoms with Crippen molar-refractivity contribution in [2.45, 2.75) is 59.3 Å². The molecule has 0 saturated carbocycles. The maximum absolute atomic E-state index is 11.0. The Morgan fingerprint density at radius 3 is 1.94 bits per heavy atom. The predicted octanol–water partition coefficient (Wildman–Crippen LogP) is 7.08. The summed E-state index contributed by atoms with van der Waals surface area (Å²) in [4.78, 5) is 19.3. The second-order valence-electron chi connectivity index (χ2n) is 9.47. The van der Waals surface area contributed by atoms with Crippen LogP contribution in [-0.4, -0.2) is 21.6 Å². The van der Waals surface area contributed by atoms with E-state index in [1.807, 2.05) is 42.9 Å². The van der Waals surface area contributed by atoms with Crippen LogP contribution in [0.4, 0.5) is 0 Å². The Balaban J connectivity index is 0.000000186.